The fourth-order valence-electron chi connectivity index (χ4n) is 3.28. The molecule has 0 unspecified atom stereocenters. The molecule has 1 aromatic carbocycles. The van der Waals surface area contributed by atoms with Gasteiger partial charge in [0.2, 0.25) is 5.78 Å². The molecule has 2 saturated heterocycles. The molecule has 2 aliphatic rings. The first-order chi connectivity index (χ1) is 9.87. The summed E-state index contributed by atoms with van der Waals surface area (Å²) in [6, 6.07) is 7.77. The Morgan fingerprint density at radius 3 is 2.62 bits per heavy atom. The summed E-state index contributed by atoms with van der Waals surface area (Å²) in [5.74, 6) is -1.78. The Balaban J connectivity index is 2.10. The third-order valence-electron chi connectivity index (χ3n) is 4.11. The van der Waals surface area contributed by atoms with Gasteiger partial charge in [-0.1, -0.05) is 30.3 Å². The Morgan fingerprint density at radius 1 is 1.33 bits per heavy atom. The third kappa shape index (κ3) is 2.07. The molecule has 0 aliphatic carbocycles. The van der Waals surface area contributed by atoms with Crippen molar-refractivity contribution < 1.29 is 27.5 Å². The van der Waals surface area contributed by atoms with Crippen LogP contribution in [0.15, 0.2) is 30.3 Å². The second-order valence-corrected chi connectivity index (χ2v) is 5.28. The van der Waals surface area contributed by atoms with Gasteiger partial charge in [0.15, 0.2) is 6.29 Å². The van der Waals surface area contributed by atoms with Crippen LogP contribution in [-0.2, 0) is 14.4 Å². The first kappa shape index (κ1) is 14.5. The van der Waals surface area contributed by atoms with Gasteiger partial charge in [0.05, 0.1) is 12.6 Å². The first-order valence-corrected chi connectivity index (χ1v) is 6.55. The maximum absolute atomic E-state index is 13.1. The highest BCUT2D eigenvalue weighted by Crippen LogP contribution is 2.56. The molecule has 4 nitrogen and oxygen atoms in total. The summed E-state index contributed by atoms with van der Waals surface area (Å²) in [5, 5.41) is 1.29. The number of benzene rings is 1. The van der Waals surface area contributed by atoms with Crippen LogP contribution in [0, 0.1) is 5.41 Å². The minimum Gasteiger partial charge on any atom is -0.350 e. The van der Waals surface area contributed by atoms with E-state index in [0.29, 0.717) is 5.56 Å². The van der Waals surface area contributed by atoms with Gasteiger partial charge >= 0.3 is 6.18 Å². The van der Waals surface area contributed by atoms with Crippen molar-refractivity contribution in [3.05, 3.63) is 35.9 Å². The summed E-state index contributed by atoms with van der Waals surface area (Å²) < 4.78 is 44.4. The summed E-state index contributed by atoms with van der Waals surface area (Å²) in [6.07, 6.45) is -6.13. The normalized spacial score (nSPS) is 33.1. The quantitative estimate of drug-likeness (QED) is 0.841. The average molecular weight is 301 g/mol. The third-order valence-corrected chi connectivity index (χ3v) is 4.11. The number of rotatable bonds is 2. The van der Waals surface area contributed by atoms with E-state index in [9.17, 15) is 18.0 Å². The van der Waals surface area contributed by atoms with Crippen LogP contribution in [0.1, 0.15) is 18.0 Å². The van der Waals surface area contributed by atoms with Crippen molar-refractivity contribution in [1.82, 2.24) is 5.06 Å². The zero-order chi connectivity index (χ0) is 15.3. The van der Waals surface area contributed by atoms with Gasteiger partial charge < -0.3 is 4.74 Å². The van der Waals surface area contributed by atoms with E-state index in [1.807, 2.05) is 0 Å². The number of ketones is 1. The Bertz CT molecular complexity index is 548. The van der Waals surface area contributed by atoms with E-state index in [1.165, 1.54) is 12.1 Å². The fraction of sp³-hybridized carbons (Fsp3) is 0.500. The molecule has 0 saturated carbocycles. The van der Waals surface area contributed by atoms with Crippen LogP contribution < -0.4 is 0 Å². The van der Waals surface area contributed by atoms with Crippen molar-refractivity contribution in [1.29, 1.82) is 0 Å². The Labute approximate surface area is 119 Å². The molecule has 0 radical (unpaired) electrons. The predicted octanol–water partition coefficient (Wildman–Crippen LogP) is 2.47. The van der Waals surface area contributed by atoms with Crippen molar-refractivity contribution in [2.24, 2.45) is 5.41 Å². The van der Waals surface area contributed by atoms with E-state index >= 15 is 0 Å². The molecule has 2 fully saturated rings. The number of carbonyl (C=O) groups excluding carboxylic acids is 1. The van der Waals surface area contributed by atoms with Crippen LogP contribution in [0.3, 0.4) is 0 Å². The molecule has 2 heterocycles. The van der Waals surface area contributed by atoms with Gasteiger partial charge in [-0.2, -0.15) is 18.2 Å². The zero-order valence-corrected chi connectivity index (χ0v) is 11.3. The molecule has 0 aromatic heterocycles. The number of carbonyl (C=O) groups is 1. The number of halogens is 3. The molecule has 3 atom stereocenters. The highest BCUT2D eigenvalue weighted by atomic mass is 19.4. The van der Waals surface area contributed by atoms with Crippen LogP contribution in [0.25, 0.3) is 0 Å². The van der Waals surface area contributed by atoms with Crippen molar-refractivity contribution in [2.45, 2.75) is 24.9 Å². The van der Waals surface area contributed by atoms with Crippen LogP contribution in [0.4, 0.5) is 13.2 Å². The van der Waals surface area contributed by atoms with Gasteiger partial charge in [0.25, 0.3) is 0 Å². The predicted molar refractivity (Wildman–Crippen MR) is 65.9 cm³/mol. The minimum atomic E-state index is -4.92. The number of alkyl halides is 3. The number of hydrogen-bond acceptors (Lipinski definition) is 4. The fourth-order valence-corrected chi connectivity index (χ4v) is 3.28. The number of Topliss-reactive ketones (excluding diaryl/α,β-unsaturated/α-hetero) is 1. The maximum atomic E-state index is 13.1. The molecule has 0 bridgehead atoms. The number of hydrogen-bond donors (Lipinski definition) is 0. The number of fused-ring (bicyclic) bond motifs is 1. The summed E-state index contributed by atoms with van der Waals surface area (Å²) in [4.78, 5) is 17.5. The smallest absolute Gasteiger partial charge is 0.350 e. The van der Waals surface area contributed by atoms with Crippen LogP contribution in [0.2, 0.25) is 0 Å². The Hall–Kier alpha value is -1.44. The highest BCUT2D eigenvalue weighted by molar-refractivity contribution is 5.91. The molecule has 7 heteroatoms. The molecule has 0 spiro atoms. The van der Waals surface area contributed by atoms with E-state index in [0.717, 1.165) is 0 Å². The number of hydroxylamine groups is 2. The van der Waals surface area contributed by atoms with E-state index in [-0.39, 0.29) is 13.0 Å². The molecular formula is C14H14F3NO3. The van der Waals surface area contributed by atoms with Crippen LogP contribution in [-0.4, -0.2) is 37.0 Å². The molecule has 21 heavy (non-hydrogen) atoms. The first-order valence-electron chi connectivity index (χ1n) is 6.55. The van der Waals surface area contributed by atoms with Crippen molar-refractivity contribution in [3.8, 4) is 0 Å². The lowest BCUT2D eigenvalue weighted by Gasteiger charge is -2.32. The van der Waals surface area contributed by atoms with E-state index in [1.54, 1.807) is 30.3 Å². The molecule has 1 aromatic rings. The second kappa shape index (κ2) is 4.79. The number of ether oxygens (including phenoxy) is 1. The average Bonchev–Trinajstić information content (AvgIpc) is 2.93. The monoisotopic (exact) mass is 301 g/mol. The minimum absolute atomic E-state index is 0.0140. The van der Waals surface area contributed by atoms with E-state index in [2.05, 4.69) is 0 Å². The molecule has 2 aliphatic heterocycles. The largest absolute Gasteiger partial charge is 0.450 e. The molecular weight excluding hydrogens is 287 g/mol. The van der Waals surface area contributed by atoms with Gasteiger partial charge in [0, 0.05) is 7.05 Å². The van der Waals surface area contributed by atoms with Gasteiger partial charge in [-0.05, 0) is 12.0 Å². The van der Waals surface area contributed by atoms with Crippen molar-refractivity contribution >= 4 is 5.78 Å². The summed E-state index contributed by atoms with van der Waals surface area (Å²) >= 11 is 0. The Morgan fingerprint density at radius 2 is 2.00 bits per heavy atom. The topological polar surface area (TPSA) is 38.8 Å². The SMILES string of the molecule is CN1O[C@H]2OCC[C@@]2(C(=O)C(F)(F)F)[C@H]1c1ccccc1. The van der Waals surface area contributed by atoms with E-state index in [4.69, 9.17) is 9.57 Å². The summed E-state index contributed by atoms with van der Waals surface area (Å²) in [6.45, 7) is 0.0731. The lowest BCUT2D eigenvalue weighted by Crippen LogP contribution is -2.47. The van der Waals surface area contributed by atoms with Crippen LogP contribution >= 0.6 is 0 Å². The van der Waals surface area contributed by atoms with Gasteiger partial charge in [-0.15, -0.1) is 0 Å². The Kier molecular flexibility index (Phi) is 3.31. The molecule has 114 valence electrons. The van der Waals surface area contributed by atoms with Gasteiger partial charge in [0.1, 0.15) is 5.41 Å². The van der Waals surface area contributed by atoms with Gasteiger partial charge in [-0.3, -0.25) is 9.63 Å². The highest BCUT2D eigenvalue weighted by Gasteiger charge is 2.68. The van der Waals surface area contributed by atoms with Gasteiger partial charge in [-0.25, -0.2) is 0 Å². The second-order valence-electron chi connectivity index (χ2n) is 5.28. The molecule has 0 N–H and O–H groups in total. The molecule has 0 amide bonds. The van der Waals surface area contributed by atoms with Crippen molar-refractivity contribution in [3.63, 3.8) is 0 Å². The summed E-state index contributed by atoms with van der Waals surface area (Å²) in [5.41, 5.74) is -1.14. The summed E-state index contributed by atoms with van der Waals surface area (Å²) in [7, 11) is 1.52. The van der Waals surface area contributed by atoms with E-state index < -0.39 is 29.7 Å². The lowest BCUT2D eigenvalue weighted by atomic mass is 9.72. The zero-order valence-electron chi connectivity index (χ0n) is 11.3. The lowest BCUT2D eigenvalue weighted by molar-refractivity contribution is -0.227. The molecule has 3 rings (SSSR count). The number of nitrogens with zero attached hydrogens (tertiary/aromatic N) is 1. The maximum Gasteiger partial charge on any atom is 0.450 e. The van der Waals surface area contributed by atoms with Crippen LogP contribution in [0.5, 0.6) is 0 Å². The standard InChI is InChI=1S/C14H14F3NO3/c1-18-10(9-5-3-2-4-6-9)13(11(19)14(15,16)17)7-8-20-12(13)21-18/h2-6,10,12H,7-8H2,1H3/t10-,12-,13+/m1/s1. The van der Waals surface area contributed by atoms with Crippen molar-refractivity contribution in [2.75, 3.05) is 13.7 Å².